The normalized spacial score (nSPS) is 11.3. The summed E-state index contributed by atoms with van der Waals surface area (Å²) in [4.78, 5) is 0. The average molecular weight is 225 g/mol. The van der Waals surface area contributed by atoms with E-state index in [2.05, 4.69) is 31.2 Å². The third-order valence-electron chi connectivity index (χ3n) is 2.47. The molecule has 0 fully saturated rings. The van der Waals surface area contributed by atoms with Gasteiger partial charge in [0.05, 0.1) is 19.3 Å². The third-order valence-corrected chi connectivity index (χ3v) is 2.47. The third kappa shape index (κ3) is 3.94. The standard InChI is InChI=1S/C12H23N3O/c1-10(2)9-16-6-5-15-11(3)12(7-13-4)8-14-15/h8,10,13H,5-7,9H2,1-4H3. The van der Waals surface area contributed by atoms with Crippen molar-refractivity contribution in [3.63, 3.8) is 0 Å². The summed E-state index contributed by atoms with van der Waals surface area (Å²) in [5.74, 6) is 0.596. The summed E-state index contributed by atoms with van der Waals surface area (Å²) in [6.45, 7) is 9.68. The van der Waals surface area contributed by atoms with E-state index in [-0.39, 0.29) is 0 Å². The summed E-state index contributed by atoms with van der Waals surface area (Å²) in [6.07, 6.45) is 1.92. The topological polar surface area (TPSA) is 39.1 Å². The highest BCUT2D eigenvalue weighted by molar-refractivity contribution is 5.15. The number of hydrogen-bond acceptors (Lipinski definition) is 3. The van der Waals surface area contributed by atoms with Gasteiger partial charge in [0, 0.05) is 24.4 Å². The molecule has 0 aliphatic heterocycles. The van der Waals surface area contributed by atoms with E-state index < -0.39 is 0 Å². The van der Waals surface area contributed by atoms with Crippen molar-refractivity contribution in [2.75, 3.05) is 20.3 Å². The van der Waals surface area contributed by atoms with E-state index in [4.69, 9.17) is 4.74 Å². The Kier molecular flexibility index (Phi) is 5.49. The lowest BCUT2D eigenvalue weighted by atomic mass is 10.2. The maximum absolute atomic E-state index is 5.55. The SMILES string of the molecule is CNCc1cnn(CCOCC(C)C)c1C. The van der Waals surface area contributed by atoms with Crippen LogP contribution in [0.3, 0.4) is 0 Å². The van der Waals surface area contributed by atoms with Gasteiger partial charge in [-0.3, -0.25) is 4.68 Å². The molecule has 4 nitrogen and oxygen atoms in total. The zero-order chi connectivity index (χ0) is 12.0. The molecule has 1 aromatic heterocycles. The molecule has 4 heteroatoms. The Bertz CT molecular complexity index is 307. The summed E-state index contributed by atoms with van der Waals surface area (Å²) in [6, 6.07) is 0. The second kappa shape index (κ2) is 6.66. The van der Waals surface area contributed by atoms with Crippen molar-refractivity contribution in [1.29, 1.82) is 0 Å². The van der Waals surface area contributed by atoms with E-state index in [0.717, 1.165) is 26.3 Å². The van der Waals surface area contributed by atoms with Crippen LogP contribution >= 0.6 is 0 Å². The van der Waals surface area contributed by atoms with Gasteiger partial charge in [-0.15, -0.1) is 0 Å². The van der Waals surface area contributed by atoms with Gasteiger partial charge in [0.15, 0.2) is 0 Å². The molecule has 0 aliphatic rings. The van der Waals surface area contributed by atoms with E-state index in [1.807, 2.05) is 17.9 Å². The Morgan fingerprint density at radius 3 is 2.88 bits per heavy atom. The first kappa shape index (κ1) is 13.2. The summed E-state index contributed by atoms with van der Waals surface area (Å²) >= 11 is 0. The van der Waals surface area contributed by atoms with Crippen LogP contribution in [0.2, 0.25) is 0 Å². The fourth-order valence-electron chi connectivity index (χ4n) is 1.54. The van der Waals surface area contributed by atoms with Crippen LogP contribution in [0.15, 0.2) is 6.20 Å². The van der Waals surface area contributed by atoms with E-state index in [9.17, 15) is 0 Å². The minimum Gasteiger partial charge on any atom is -0.379 e. The molecule has 0 spiro atoms. The first-order chi connectivity index (χ1) is 7.65. The van der Waals surface area contributed by atoms with Crippen molar-refractivity contribution in [3.05, 3.63) is 17.5 Å². The fraction of sp³-hybridized carbons (Fsp3) is 0.750. The van der Waals surface area contributed by atoms with Crippen LogP contribution in [0, 0.1) is 12.8 Å². The minimum absolute atomic E-state index is 0.596. The monoisotopic (exact) mass is 225 g/mol. The molecular weight excluding hydrogens is 202 g/mol. The molecule has 0 saturated heterocycles. The van der Waals surface area contributed by atoms with E-state index in [1.54, 1.807) is 0 Å². The number of ether oxygens (including phenoxy) is 1. The Labute approximate surface area is 98.0 Å². The molecule has 0 saturated carbocycles. The van der Waals surface area contributed by atoms with Gasteiger partial charge in [-0.1, -0.05) is 13.8 Å². The lowest BCUT2D eigenvalue weighted by molar-refractivity contribution is 0.101. The van der Waals surface area contributed by atoms with Crippen molar-refractivity contribution in [2.45, 2.75) is 33.9 Å². The summed E-state index contributed by atoms with van der Waals surface area (Å²) in [5, 5.41) is 7.48. The zero-order valence-corrected chi connectivity index (χ0v) is 10.8. The summed E-state index contributed by atoms with van der Waals surface area (Å²) in [5.41, 5.74) is 2.48. The Morgan fingerprint density at radius 1 is 1.50 bits per heavy atom. The van der Waals surface area contributed by atoms with Crippen molar-refractivity contribution in [1.82, 2.24) is 15.1 Å². The Balaban J connectivity index is 2.36. The van der Waals surface area contributed by atoms with Crippen LogP contribution in [0.1, 0.15) is 25.1 Å². The molecule has 0 atom stereocenters. The minimum atomic E-state index is 0.596. The van der Waals surface area contributed by atoms with Crippen LogP contribution < -0.4 is 5.32 Å². The molecule has 0 bridgehead atoms. The molecule has 0 radical (unpaired) electrons. The lowest BCUT2D eigenvalue weighted by Gasteiger charge is -2.08. The van der Waals surface area contributed by atoms with Crippen LogP contribution in [-0.2, 0) is 17.8 Å². The lowest BCUT2D eigenvalue weighted by Crippen LogP contribution is -2.12. The van der Waals surface area contributed by atoms with Crippen LogP contribution in [0.25, 0.3) is 0 Å². The van der Waals surface area contributed by atoms with E-state index in [0.29, 0.717) is 5.92 Å². The van der Waals surface area contributed by atoms with Gasteiger partial charge in [0.25, 0.3) is 0 Å². The predicted octanol–water partition coefficient (Wildman–Crippen LogP) is 1.58. The second-order valence-corrected chi connectivity index (χ2v) is 4.48. The first-order valence-electron chi connectivity index (χ1n) is 5.88. The largest absolute Gasteiger partial charge is 0.379 e. The maximum Gasteiger partial charge on any atom is 0.0662 e. The fourth-order valence-corrected chi connectivity index (χ4v) is 1.54. The Hall–Kier alpha value is -0.870. The summed E-state index contributed by atoms with van der Waals surface area (Å²) in [7, 11) is 1.95. The highest BCUT2D eigenvalue weighted by atomic mass is 16.5. The molecular formula is C12H23N3O. The van der Waals surface area contributed by atoms with Gasteiger partial charge < -0.3 is 10.1 Å². The molecule has 0 unspecified atom stereocenters. The Morgan fingerprint density at radius 2 is 2.25 bits per heavy atom. The van der Waals surface area contributed by atoms with Crippen LogP contribution in [0.4, 0.5) is 0 Å². The van der Waals surface area contributed by atoms with Gasteiger partial charge in [-0.25, -0.2) is 0 Å². The summed E-state index contributed by atoms with van der Waals surface area (Å²) < 4.78 is 7.55. The number of hydrogen-bond donors (Lipinski definition) is 1. The molecule has 1 N–H and O–H groups in total. The maximum atomic E-state index is 5.55. The number of nitrogens with one attached hydrogen (secondary N) is 1. The van der Waals surface area contributed by atoms with Crippen molar-refractivity contribution < 1.29 is 4.74 Å². The van der Waals surface area contributed by atoms with Gasteiger partial charge >= 0.3 is 0 Å². The van der Waals surface area contributed by atoms with Crippen molar-refractivity contribution in [3.8, 4) is 0 Å². The van der Waals surface area contributed by atoms with Gasteiger partial charge in [-0.2, -0.15) is 5.10 Å². The highest BCUT2D eigenvalue weighted by Gasteiger charge is 2.04. The second-order valence-electron chi connectivity index (χ2n) is 4.48. The smallest absolute Gasteiger partial charge is 0.0662 e. The molecule has 1 heterocycles. The number of aromatic nitrogens is 2. The molecule has 0 aromatic carbocycles. The number of rotatable bonds is 7. The van der Waals surface area contributed by atoms with Gasteiger partial charge in [0.2, 0.25) is 0 Å². The molecule has 0 amide bonds. The molecule has 16 heavy (non-hydrogen) atoms. The molecule has 0 aliphatic carbocycles. The zero-order valence-electron chi connectivity index (χ0n) is 10.8. The van der Waals surface area contributed by atoms with Crippen LogP contribution in [-0.4, -0.2) is 30.0 Å². The molecule has 1 aromatic rings. The van der Waals surface area contributed by atoms with Crippen molar-refractivity contribution in [2.24, 2.45) is 5.92 Å². The first-order valence-corrected chi connectivity index (χ1v) is 5.88. The molecule has 1 rings (SSSR count). The van der Waals surface area contributed by atoms with Crippen molar-refractivity contribution >= 4 is 0 Å². The van der Waals surface area contributed by atoms with Gasteiger partial charge in [0.1, 0.15) is 0 Å². The quantitative estimate of drug-likeness (QED) is 0.716. The molecule has 92 valence electrons. The van der Waals surface area contributed by atoms with E-state index in [1.165, 1.54) is 11.3 Å². The van der Waals surface area contributed by atoms with E-state index >= 15 is 0 Å². The number of nitrogens with zero attached hydrogens (tertiary/aromatic N) is 2. The van der Waals surface area contributed by atoms with Gasteiger partial charge in [-0.05, 0) is 19.9 Å². The average Bonchev–Trinajstić information content (AvgIpc) is 2.57. The van der Waals surface area contributed by atoms with Crippen LogP contribution in [0.5, 0.6) is 0 Å². The highest BCUT2D eigenvalue weighted by Crippen LogP contribution is 2.06. The predicted molar refractivity (Wildman–Crippen MR) is 65.4 cm³/mol.